The van der Waals surface area contributed by atoms with Gasteiger partial charge in [-0.3, -0.25) is 14.5 Å². The zero-order valence-corrected chi connectivity index (χ0v) is 9.61. The van der Waals surface area contributed by atoms with E-state index in [-0.39, 0.29) is 11.2 Å². The lowest BCUT2D eigenvalue weighted by Crippen LogP contribution is -2.22. The minimum atomic E-state index is -0.329. The normalized spacial score (nSPS) is 10.9. The number of hydrogen-bond acceptors (Lipinski definition) is 5. The van der Waals surface area contributed by atoms with Crippen LogP contribution in [0.2, 0.25) is 0 Å². The Hall–Kier alpha value is -2.70. The summed E-state index contributed by atoms with van der Waals surface area (Å²) < 4.78 is 2.94. The van der Waals surface area contributed by atoms with Gasteiger partial charge in [-0.25, -0.2) is 4.98 Å². The summed E-state index contributed by atoms with van der Waals surface area (Å²) in [6.07, 6.45) is 4.67. The Balaban J connectivity index is 2.37. The smallest absolute Gasteiger partial charge is 0.297 e. The predicted molar refractivity (Wildman–Crippen MR) is 65.9 cm³/mol. The molecular formula is C11H10N6O. The summed E-state index contributed by atoms with van der Waals surface area (Å²) >= 11 is 0. The van der Waals surface area contributed by atoms with Crippen molar-refractivity contribution in [3.8, 4) is 11.4 Å². The zero-order chi connectivity index (χ0) is 12.7. The summed E-state index contributed by atoms with van der Waals surface area (Å²) in [4.78, 5) is 24.3. The first-order valence-corrected chi connectivity index (χ1v) is 5.29. The number of rotatable bonds is 1. The Kier molecular flexibility index (Phi) is 2.12. The highest BCUT2D eigenvalue weighted by molar-refractivity contribution is 5.56. The molecule has 0 amide bonds. The average molecular weight is 242 g/mol. The standard InChI is InChI=1S/C11H10N6O/c1-16-9(7-3-2-4-13-5-7)15-11-14-6-8(12)10(18)17(11)16/h2-6H,12H2,1H3. The molecule has 0 aliphatic carbocycles. The number of nitrogens with zero attached hydrogens (tertiary/aromatic N) is 5. The Bertz CT molecular complexity index is 773. The molecule has 0 saturated heterocycles. The lowest BCUT2D eigenvalue weighted by Gasteiger charge is -2.01. The van der Waals surface area contributed by atoms with E-state index in [0.717, 1.165) is 5.56 Å². The first kappa shape index (κ1) is 10.5. The van der Waals surface area contributed by atoms with Gasteiger partial charge in [0.05, 0.1) is 6.20 Å². The van der Waals surface area contributed by atoms with Gasteiger partial charge in [0.25, 0.3) is 11.3 Å². The molecule has 3 aromatic rings. The van der Waals surface area contributed by atoms with E-state index in [0.29, 0.717) is 11.6 Å². The predicted octanol–water partition coefficient (Wildman–Crippen LogP) is 0.0722. The van der Waals surface area contributed by atoms with Gasteiger partial charge in [0.2, 0.25) is 0 Å². The van der Waals surface area contributed by atoms with Crippen molar-refractivity contribution < 1.29 is 0 Å². The van der Waals surface area contributed by atoms with Gasteiger partial charge in [0.15, 0.2) is 5.82 Å². The maximum Gasteiger partial charge on any atom is 0.297 e. The lowest BCUT2D eigenvalue weighted by atomic mass is 10.3. The lowest BCUT2D eigenvalue weighted by molar-refractivity contribution is 0.688. The Morgan fingerprint density at radius 3 is 2.89 bits per heavy atom. The van der Waals surface area contributed by atoms with Crippen LogP contribution in [0.4, 0.5) is 5.69 Å². The molecule has 90 valence electrons. The van der Waals surface area contributed by atoms with Crippen molar-refractivity contribution in [1.82, 2.24) is 24.1 Å². The van der Waals surface area contributed by atoms with Crippen LogP contribution in [0.3, 0.4) is 0 Å². The van der Waals surface area contributed by atoms with Crippen LogP contribution in [0.25, 0.3) is 17.2 Å². The first-order chi connectivity index (χ1) is 8.68. The molecule has 3 rings (SSSR count). The average Bonchev–Trinajstić information content (AvgIpc) is 2.73. The molecule has 0 saturated carbocycles. The highest BCUT2D eigenvalue weighted by atomic mass is 16.1. The Morgan fingerprint density at radius 2 is 2.17 bits per heavy atom. The second-order valence-corrected chi connectivity index (χ2v) is 3.83. The van der Waals surface area contributed by atoms with Crippen LogP contribution in [0.5, 0.6) is 0 Å². The van der Waals surface area contributed by atoms with Crippen molar-refractivity contribution in [2.45, 2.75) is 0 Å². The number of nitrogens with two attached hydrogens (primary N) is 1. The van der Waals surface area contributed by atoms with Crippen LogP contribution < -0.4 is 11.3 Å². The van der Waals surface area contributed by atoms with Gasteiger partial charge in [-0.05, 0) is 12.1 Å². The van der Waals surface area contributed by atoms with Gasteiger partial charge in [-0.1, -0.05) is 0 Å². The molecule has 0 aliphatic heterocycles. The van der Waals surface area contributed by atoms with E-state index in [1.807, 2.05) is 6.07 Å². The quantitative estimate of drug-likeness (QED) is 0.652. The van der Waals surface area contributed by atoms with Crippen LogP contribution in [0, 0.1) is 0 Å². The van der Waals surface area contributed by atoms with E-state index in [4.69, 9.17) is 5.73 Å². The molecule has 0 fully saturated rings. The SMILES string of the molecule is Cn1c(-c2cccnc2)nc2ncc(N)c(=O)n21. The highest BCUT2D eigenvalue weighted by Crippen LogP contribution is 2.15. The monoisotopic (exact) mass is 242 g/mol. The zero-order valence-electron chi connectivity index (χ0n) is 9.61. The number of nitrogen functional groups attached to an aromatic ring is 1. The Labute approximate surface area is 102 Å². The van der Waals surface area contributed by atoms with Crippen molar-refractivity contribution in [2.75, 3.05) is 5.73 Å². The number of anilines is 1. The third-order valence-electron chi connectivity index (χ3n) is 2.68. The maximum atomic E-state index is 11.9. The van der Waals surface area contributed by atoms with Crippen LogP contribution in [0.1, 0.15) is 0 Å². The fraction of sp³-hybridized carbons (Fsp3) is 0.0909. The van der Waals surface area contributed by atoms with Crippen molar-refractivity contribution in [1.29, 1.82) is 0 Å². The number of aryl methyl sites for hydroxylation is 1. The summed E-state index contributed by atoms with van der Waals surface area (Å²) in [5.74, 6) is 0.925. The maximum absolute atomic E-state index is 11.9. The summed E-state index contributed by atoms with van der Waals surface area (Å²) in [5.41, 5.74) is 6.12. The summed E-state index contributed by atoms with van der Waals surface area (Å²) in [7, 11) is 1.73. The van der Waals surface area contributed by atoms with Crippen LogP contribution >= 0.6 is 0 Å². The Morgan fingerprint density at radius 1 is 1.33 bits per heavy atom. The van der Waals surface area contributed by atoms with Gasteiger partial charge < -0.3 is 5.73 Å². The first-order valence-electron chi connectivity index (χ1n) is 5.29. The minimum Gasteiger partial charge on any atom is -0.393 e. The number of pyridine rings is 1. The van der Waals surface area contributed by atoms with Gasteiger partial charge in [0.1, 0.15) is 5.69 Å². The minimum absolute atomic E-state index is 0.0910. The van der Waals surface area contributed by atoms with E-state index in [1.165, 1.54) is 10.7 Å². The molecule has 0 bridgehead atoms. The van der Waals surface area contributed by atoms with Gasteiger partial charge in [-0.15, -0.1) is 0 Å². The van der Waals surface area contributed by atoms with Crippen molar-refractivity contribution in [2.24, 2.45) is 7.05 Å². The van der Waals surface area contributed by atoms with Gasteiger partial charge >= 0.3 is 0 Å². The second kappa shape index (κ2) is 3.66. The van der Waals surface area contributed by atoms with Crippen molar-refractivity contribution in [3.63, 3.8) is 0 Å². The molecule has 0 radical (unpaired) electrons. The molecule has 0 aliphatic rings. The largest absolute Gasteiger partial charge is 0.393 e. The van der Waals surface area contributed by atoms with E-state index >= 15 is 0 Å². The molecule has 2 N–H and O–H groups in total. The molecule has 3 aromatic heterocycles. The molecule has 7 heteroatoms. The van der Waals surface area contributed by atoms with E-state index < -0.39 is 0 Å². The molecular weight excluding hydrogens is 232 g/mol. The fourth-order valence-corrected chi connectivity index (χ4v) is 1.81. The second-order valence-electron chi connectivity index (χ2n) is 3.83. The van der Waals surface area contributed by atoms with Gasteiger partial charge in [0, 0.05) is 25.0 Å². The van der Waals surface area contributed by atoms with Crippen LogP contribution in [0.15, 0.2) is 35.5 Å². The van der Waals surface area contributed by atoms with Crippen LogP contribution in [-0.4, -0.2) is 24.1 Å². The summed E-state index contributed by atoms with van der Waals surface area (Å²) in [5, 5.41) is 0. The fourth-order valence-electron chi connectivity index (χ4n) is 1.81. The topological polar surface area (TPSA) is 91.1 Å². The molecule has 0 unspecified atom stereocenters. The summed E-state index contributed by atoms with van der Waals surface area (Å²) in [6, 6.07) is 3.67. The van der Waals surface area contributed by atoms with E-state index in [9.17, 15) is 4.79 Å². The molecule has 0 atom stereocenters. The molecule has 7 nitrogen and oxygen atoms in total. The van der Waals surface area contributed by atoms with Gasteiger partial charge in [-0.2, -0.15) is 9.50 Å². The molecule has 0 spiro atoms. The molecule has 0 aromatic carbocycles. The van der Waals surface area contributed by atoms with Crippen molar-refractivity contribution >= 4 is 11.5 Å². The third-order valence-corrected chi connectivity index (χ3v) is 2.68. The van der Waals surface area contributed by atoms with Crippen molar-refractivity contribution in [3.05, 3.63) is 41.1 Å². The third kappa shape index (κ3) is 1.37. The molecule has 3 heterocycles. The van der Waals surface area contributed by atoms with E-state index in [2.05, 4.69) is 15.0 Å². The number of fused-ring (bicyclic) bond motifs is 1. The number of hydrogen-bond donors (Lipinski definition) is 1. The van der Waals surface area contributed by atoms with Crippen LogP contribution in [-0.2, 0) is 7.05 Å². The summed E-state index contributed by atoms with van der Waals surface area (Å²) in [6.45, 7) is 0. The number of aromatic nitrogens is 5. The van der Waals surface area contributed by atoms with E-state index in [1.54, 1.807) is 30.2 Å². The molecule has 18 heavy (non-hydrogen) atoms. The highest BCUT2D eigenvalue weighted by Gasteiger charge is 2.12.